The molecule has 7 heteroatoms. The van der Waals surface area contributed by atoms with Crippen molar-refractivity contribution in [1.29, 1.82) is 0 Å². The van der Waals surface area contributed by atoms with Crippen molar-refractivity contribution in [2.45, 2.75) is 50.1 Å². The normalized spacial score (nSPS) is 27.5. The molecule has 2 atom stereocenters. The van der Waals surface area contributed by atoms with Crippen molar-refractivity contribution in [2.75, 3.05) is 6.61 Å². The number of ether oxygens (including phenoxy) is 2. The Morgan fingerprint density at radius 1 is 1.18 bits per heavy atom. The molecule has 0 radical (unpaired) electrons. The van der Waals surface area contributed by atoms with Crippen LogP contribution in [0.25, 0.3) is 0 Å². The van der Waals surface area contributed by atoms with Crippen LogP contribution in [0.1, 0.15) is 43.8 Å². The van der Waals surface area contributed by atoms with Gasteiger partial charge in [0.1, 0.15) is 6.10 Å². The second kappa shape index (κ2) is 6.25. The van der Waals surface area contributed by atoms with Crippen LogP contribution in [-0.4, -0.2) is 26.9 Å². The maximum Gasteiger partial charge on any atom is 0.333 e. The van der Waals surface area contributed by atoms with E-state index >= 15 is 0 Å². The summed E-state index contributed by atoms with van der Waals surface area (Å²) in [6, 6.07) is 9.85. The zero-order valence-electron chi connectivity index (χ0n) is 12.3. The number of nitrogens with two attached hydrogens (primary N) is 1. The summed E-state index contributed by atoms with van der Waals surface area (Å²) in [6.45, 7) is -0.00767. The van der Waals surface area contributed by atoms with Gasteiger partial charge < -0.3 is 9.47 Å². The number of hydrogen-bond acceptors (Lipinski definition) is 5. The SMILES string of the molecule is NS(=O)(=O)OCC[C@H]1OC2(CCCC2)O[C@@H]1c1ccccc1. The fourth-order valence-electron chi connectivity index (χ4n) is 3.24. The summed E-state index contributed by atoms with van der Waals surface area (Å²) >= 11 is 0. The lowest BCUT2D eigenvalue weighted by molar-refractivity contribution is -0.170. The maximum atomic E-state index is 10.9. The third kappa shape index (κ3) is 3.67. The summed E-state index contributed by atoms with van der Waals surface area (Å²) in [5.74, 6) is -0.521. The fourth-order valence-corrected chi connectivity index (χ4v) is 3.57. The van der Waals surface area contributed by atoms with E-state index in [1.54, 1.807) is 0 Å². The predicted molar refractivity (Wildman–Crippen MR) is 80.0 cm³/mol. The van der Waals surface area contributed by atoms with Gasteiger partial charge in [-0.15, -0.1) is 0 Å². The van der Waals surface area contributed by atoms with Crippen molar-refractivity contribution < 1.29 is 22.1 Å². The average molecular weight is 327 g/mol. The van der Waals surface area contributed by atoms with Crippen molar-refractivity contribution in [2.24, 2.45) is 5.14 Å². The summed E-state index contributed by atoms with van der Waals surface area (Å²) < 4.78 is 38.8. The highest BCUT2D eigenvalue weighted by molar-refractivity contribution is 7.84. The molecular weight excluding hydrogens is 306 g/mol. The van der Waals surface area contributed by atoms with Gasteiger partial charge in [-0.05, 0) is 18.4 Å². The van der Waals surface area contributed by atoms with Crippen LogP contribution in [-0.2, 0) is 24.0 Å². The Morgan fingerprint density at radius 3 is 2.50 bits per heavy atom. The highest BCUT2D eigenvalue weighted by Crippen LogP contribution is 2.47. The summed E-state index contributed by atoms with van der Waals surface area (Å²) in [7, 11) is -3.92. The van der Waals surface area contributed by atoms with Crippen LogP contribution in [0, 0.1) is 0 Å². The molecule has 2 aliphatic rings. The van der Waals surface area contributed by atoms with Crippen LogP contribution in [0.3, 0.4) is 0 Å². The van der Waals surface area contributed by atoms with E-state index in [0.29, 0.717) is 6.42 Å². The largest absolute Gasteiger partial charge is 0.344 e. The quantitative estimate of drug-likeness (QED) is 0.894. The van der Waals surface area contributed by atoms with Crippen LogP contribution in [0.2, 0.25) is 0 Å². The standard InChI is InChI=1S/C15H21NO5S/c16-22(17,18)19-11-8-13-14(12-6-2-1-3-7-12)21-15(20-13)9-4-5-10-15/h1-3,6-7,13-14H,4-5,8-11H2,(H2,16,17,18)/t13-,14-/m1/s1. The Bertz CT molecular complexity index is 598. The van der Waals surface area contributed by atoms with Gasteiger partial charge in [0.05, 0.1) is 12.7 Å². The first kappa shape index (κ1) is 15.9. The summed E-state index contributed by atoms with van der Waals surface area (Å²) in [5, 5.41) is 4.86. The summed E-state index contributed by atoms with van der Waals surface area (Å²) in [4.78, 5) is 0. The molecule has 0 bridgehead atoms. The molecule has 122 valence electrons. The molecule has 3 rings (SSSR count). The number of rotatable bonds is 5. The van der Waals surface area contributed by atoms with Gasteiger partial charge in [-0.2, -0.15) is 8.42 Å². The highest BCUT2D eigenvalue weighted by atomic mass is 32.2. The topological polar surface area (TPSA) is 87.9 Å². The molecule has 1 saturated carbocycles. The van der Waals surface area contributed by atoms with Crippen molar-refractivity contribution in [1.82, 2.24) is 0 Å². The number of benzene rings is 1. The molecule has 2 N–H and O–H groups in total. The molecule has 1 spiro atoms. The van der Waals surface area contributed by atoms with Crippen LogP contribution >= 0.6 is 0 Å². The van der Waals surface area contributed by atoms with Gasteiger partial charge in [0, 0.05) is 19.3 Å². The lowest BCUT2D eigenvalue weighted by Crippen LogP contribution is -2.27. The van der Waals surface area contributed by atoms with Gasteiger partial charge in [0.25, 0.3) is 0 Å². The summed E-state index contributed by atoms with van der Waals surface area (Å²) in [5.41, 5.74) is 1.03. The van der Waals surface area contributed by atoms with Crippen LogP contribution in [0.5, 0.6) is 0 Å². The second-order valence-corrected chi connectivity index (χ2v) is 7.05. The Hall–Kier alpha value is -0.990. The molecule has 2 fully saturated rings. The Morgan fingerprint density at radius 2 is 1.86 bits per heavy atom. The molecule has 1 aliphatic carbocycles. The van der Waals surface area contributed by atoms with E-state index in [1.807, 2.05) is 30.3 Å². The molecule has 6 nitrogen and oxygen atoms in total. The molecule has 0 unspecified atom stereocenters. The van der Waals surface area contributed by atoms with E-state index in [2.05, 4.69) is 4.18 Å². The van der Waals surface area contributed by atoms with Crippen molar-refractivity contribution in [3.63, 3.8) is 0 Å². The van der Waals surface area contributed by atoms with E-state index in [1.165, 1.54) is 0 Å². The number of hydrogen-bond donors (Lipinski definition) is 1. The van der Waals surface area contributed by atoms with Gasteiger partial charge in [-0.3, -0.25) is 4.18 Å². The molecule has 22 heavy (non-hydrogen) atoms. The molecular formula is C15H21NO5S. The van der Waals surface area contributed by atoms with Gasteiger partial charge in [0.15, 0.2) is 5.79 Å². The van der Waals surface area contributed by atoms with E-state index in [4.69, 9.17) is 14.6 Å². The zero-order valence-corrected chi connectivity index (χ0v) is 13.1. The van der Waals surface area contributed by atoms with Crippen LogP contribution in [0.15, 0.2) is 30.3 Å². The van der Waals surface area contributed by atoms with Crippen LogP contribution in [0.4, 0.5) is 0 Å². The van der Waals surface area contributed by atoms with E-state index < -0.39 is 16.1 Å². The van der Waals surface area contributed by atoms with Gasteiger partial charge >= 0.3 is 10.3 Å². The first-order chi connectivity index (χ1) is 10.5. The highest BCUT2D eigenvalue weighted by Gasteiger charge is 2.49. The third-order valence-electron chi connectivity index (χ3n) is 4.19. The Labute approximate surface area is 130 Å². The molecule has 1 saturated heterocycles. The van der Waals surface area contributed by atoms with E-state index in [-0.39, 0.29) is 18.8 Å². The van der Waals surface area contributed by atoms with Gasteiger partial charge in [-0.1, -0.05) is 30.3 Å². The fraction of sp³-hybridized carbons (Fsp3) is 0.600. The van der Waals surface area contributed by atoms with E-state index in [0.717, 1.165) is 31.2 Å². The summed E-state index contributed by atoms with van der Waals surface area (Å²) in [6.07, 6.45) is 3.90. The molecule has 1 aromatic carbocycles. The minimum Gasteiger partial charge on any atom is -0.344 e. The first-order valence-corrected chi connectivity index (χ1v) is 9.02. The maximum absolute atomic E-state index is 10.9. The molecule has 0 amide bonds. The van der Waals surface area contributed by atoms with Gasteiger partial charge in [-0.25, -0.2) is 5.14 Å². The lowest BCUT2D eigenvalue weighted by Gasteiger charge is -2.22. The Kier molecular flexibility index (Phi) is 4.52. The molecule has 1 aliphatic heterocycles. The van der Waals surface area contributed by atoms with Crippen molar-refractivity contribution >= 4 is 10.3 Å². The monoisotopic (exact) mass is 327 g/mol. The predicted octanol–water partition coefficient (Wildman–Crippen LogP) is 2.02. The van der Waals surface area contributed by atoms with Crippen molar-refractivity contribution in [3.05, 3.63) is 35.9 Å². The minimum atomic E-state index is -3.92. The van der Waals surface area contributed by atoms with Gasteiger partial charge in [0.2, 0.25) is 0 Å². The minimum absolute atomic E-state index is 0.00767. The third-order valence-corrected chi connectivity index (χ3v) is 4.68. The smallest absolute Gasteiger partial charge is 0.333 e. The van der Waals surface area contributed by atoms with Crippen LogP contribution < -0.4 is 5.14 Å². The molecule has 1 heterocycles. The second-order valence-electron chi connectivity index (χ2n) is 5.83. The zero-order chi connectivity index (χ0) is 15.6. The molecule has 0 aromatic heterocycles. The Balaban J connectivity index is 1.72. The average Bonchev–Trinajstić information content (AvgIpc) is 3.07. The first-order valence-electron chi connectivity index (χ1n) is 7.55. The lowest BCUT2D eigenvalue weighted by atomic mass is 10.0. The van der Waals surface area contributed by atoms with E-state index in [9.17, 15) is 8.42 Å². The molecule has 1 aromatic rings. The van der Waals surface area contributed by atoms with Crippen molar-refractivity contribution in [3.8, 4) is 0 Å².